The van der Waals surface area contributed by atoms with Gasteiger partial charge in [0.15, 0.2) is 0 Å². The number of carbonyl (C=O) groups is 1. The molecule has 4 rings (SSSR count). The third kappa shape index (κ3) is 2.85. The smallest absolute Gasteiger partial charge is 0.254 e. The zero-order valence-electron chi connectivity index (χ0n) is 13.1. The van der Waals surface area contributed by atoms with Gasteiger partial charge in [-0.25, -0.2) is 9.50 Å². The van der Waals surface area contributed by atoms with Crippen molar-refractivity contribution in [3.63, 3.8) is 0 Å². The van der Waals surface area contributed by atoms with Crippen LogP contribution in [0.3, 0.4) is 0 Å². The lowest BCUT2D eigenvalue weighted by Crippen LogP contribution is -2.48. The number of piperazine rings is 1. The van der Waals surface area contributed by atoms with Crippen LogP contribution in [0.1, 0.15) is 16.1 Å². The number of fused-ring (bicyclic) bond motifs is 1. The quantitative estimate of drug-likeness (QED) is 0.704. The molecule has 0 atom stereocenters. The highest BCUT2D eigenvalue weighted by Crippen LogP contribution is 2.24. The van der Waals surface area contributed by atoms with Gasteiger partial charge < -0.3 is 9.80 Å². The molecule has 0 unspecified atom stereocenters. The topological polar surface area (TPSA) is 53.7 Å². The number of nitrogens with zero attached hydrogens (tertiary/aromatic N) is 5. The van der Waals surface area contributed by atoms with Crippen LogP contribution in [0.15, 0.2) is 30.5 Å². The van der Waals surface area contributed by atoms with Gasteiger partial charge in [0.2, 0.25) is 10.1 Å². The van der Waals surface area contributed by atoms with E-state index in [4.69, 9.17) is 11.6 Å². The van der Waals surface area contributed by atoms with Gasteiger partial charge in [0, 0.05) is 36.8 Å². The second-order valence-corrected chi connectivity index (χ2v) is 7.15. The summed E-state index contributed by atoms with van der Waals surface area (Å²) in [5.74, 6) is 0.0294. The summed E-state index contributed by atoms with van der Waals surface area (Å²) in [6.07, 6.45) is 1.92. The lowest BCUT2D eigenvalue weighted by molar-refractivity contribution is 0.0746. The normalized spacial score (nSPS) is 15.2. The molecule has 0 radical (unpaired) electrons. The standard InChI is InChI=1S/C16H16ClN5OS/c1-11-10-22-15(18-11)24-16(19-22)21-7-5-20(6-8-21)14(23)12-3-2-4-13(17)9-12/h2-4,9-10H,5-8H2,1H3. The van der Waals surface area contributed by atoms with Gasteiger partial charge in [0.05, 0.1) is 11.9 Å². The number of hydrogen-bond donors (Lipinski definition) is 0. The van der Waals surface area contributed by atoms with Gasteiger partial charge in [0.25, 0.3) is 5.91 Å². The average molecular weight is 362 g/mol. The van der Waals surface area contributed by atoms with Crippen molar-refractivity contribution in [2.45, 2.75) is 6.92 Å². The molecular formula is C16H16ClN5OS. The maximum atomic E-state index is 12.6. The zero-order chi connectivity index (χ0) is 16.7. The Morgan fingerprint density at radius 2 is 2.04 bits per heavy atom. The maximum Gasteiger partial charge on any atom is 0.254 e. The van der Waals surface area contributed by atoms with Crippen molar-refractivity contribution >= 4 is 38.9 Å². The molecular weight excluding hydrogens is 346 g/mol. The lowest BCUT2D eigenvalue weighted by atomic mass is 10.2. The van der Waals surface area contributed by atoms with Crippen LogP contribution in [0.2, 0.25) is 5.02 Å². The van der Waals surface area contributed by atoms with Crippen LogP contribution in [-0.2, 0) is 0 Å². The average Bonchev–Trinajstić information content (AvgIpc) is 3.11. The van der Waals surface area contributed by atoms with Gasteiger partial charge >= 0.3 is 0 Å². The molecule has 124 valence electrons. The first-order valence-electron chi connectivity index (χ1n) is 7.73. The monoisotopic (exact) mass is 361 g/mol. The van der Waals surface area contributed by atoms with E-state index in [0.717, 1.165) is 28.9 Å². The minimum absolute atomic E-state index is 0.0294. The number of rotatable bonds is 2. The van der Waals surface area contributed by atoms with Gasteiger partial charge in [-0.05, 0) is 25.1 Å². The number of imidazole rings is 1. The van der Waals surface area contributed by atoms with E-state index in [0.29, 0.717) is 23.7 Å². The first-order chi connectivity index (χ1) is 11.6. The molecule has 0 N–H and O–H groups in total. The lowest BCUT2D eigenvalue weighted by Gasteiger charge is -2.34. The summed E-state index contributed by atoms with van der Waals surface area (Å²) in [5.41, 5.74) is 1.61. The highest BCUT2D eigenvalue weighted by atomic mass is 35.5. The van der Waals surface area contributed by atoms with E-state index in [9.17, 15) is 4.79 Å². The Balaban J connectivity index is 1.44. The summed E-state index contributed by atoms with van der Waals surface area (Å²) in [6.45, 7) is 4.84. The SMILES string of the molecule is Cc1cn2nc(N3CCN(C(=O)c4cccc(Cl)c4)CC3)sc2n1. The molecule has 0 saturated carbocycles. The first-order valence-corrected chi connectivity index (χ1v) is 8.92. The van der Waals surface area contributed by atoms with Crippen molar-refractivity contribution in [2.24, 2.45) is 0 Å². The fourth-order valence-electron chi connectivity index (χ4n) is 2.83. The number of benzene rings is 1. The van der Waals surface area contributed by atoms with Crippen LogP contribution in [0, 0.1) is 6.92 Å². The molecule has 2 aromatic heterocycles. The Labute approximate surface area is 148 Å². The van der Waals surface area contributed by atoms with E-state index in [1.54, 1.807) is 35.6 Å². The van der Waals surface area contributed by atoms with Gasteiger partial charge in [-0.2, -0.15) is 0 Å². The van der Waals surface area contributed by atoms with Gasteiger partial charge in [-0.3, -0.25) is 4.79 Å². The number of hydrogen-bond acceptors (Lipinski definition) is 5. The molecule has 1 saturated heterocycles. The number of aromatic nitrogens is 3. The molecule has 0 spiro atoms. The molecule has 1 aliphatic rings. The molecule has 3 aromatic rings. The molecule has 0 bridgehead atoms. The Morgan fingerprint density at radius 1 is 1.25 bits per heavy atom. The van der Waals surface area contributed by atoms with Crippen molar-refractivity contribution in [3.05, 3.63) is 46.7 Å². The van der Waals surface area contributed by atoms with Gasteiger partial charge in [-0.1, -0.05) is 29.0 Å². The highest BCUT2D eigenvalue weighted by molar-refractivity contribution is 7.20. The summed E-state index contributed by atoms with van der Waals surface area (Å²) in [7, 11) is 0. The van der Waals surface area contributed by atoms with Crippen molar-refractivity contribution in [2.75, 3.05) is 31.1 Å². The minimum Gasteiger partial charge on any atom is -0.343 e. The summed E-state index contributed by atoms with van der Waals surface area (Å²) in [4.78, 5) is 22.0. The minimum atomic E-state index is 0.0294. The van der Waals surface area contributed by atoms with Crippen LogP contribution in [0.5, 0.6) is 0 Å². The Bertz CT molecular complexity index is 865. The van der Waals surface area contributed by atoms with Crippen LogP contribution in [-0.4, -0.2) is 51.6 Å². The number of carbonyl (C=O) groups excluding carboxylic acids is 1. The molecule has 0 aliphatic carbocycles. The van der Waals surface area contributed by atoms with Crippen LogP contribution in [0.25, 0.3) is 4.96 Å². The molecule has 8 heteroatoms. The molecule has 1 aliphatic heterocycles. The Kier molecular flexibility index (Phi) is 3.90. The van der Waals surface area contributed by atoms with Crippen LogP contribution < -0.4 is 4.90 Å². The Morgan fingerprint density at radius 3 is 2.75 bits per heavy atom. The summed E-state index contributed by atoms with van der Waals surface area (Å²) >= 11 is 7.55. The van der Waals surface area contributed by atoms with Crippen molar-refractivity contribution in [1.82, 2.24) is 19.5 Å². The highest BCUT2D eigenvalue weighted by Gasteiger charge is 2.24. The van der Waals surface area contributed by atoms with E-state index < -0.39 is 0 Å². The van der Waals surface area contributed by atoms with E-state index in [2.05, 4.69) is 15.0 Å². The first kappa shape index (κ1) is 15.4. The van der Waals surface area contributed by atoms with Crippen molar-refractivity contribution in [1.29, 1.82) is 0 Å². The predicted octanol–water partition coefficient (Wildman–Crippen LogP) is 2.72. The van der Waals surface area contributed by atoms with Crippen molar-refractivity contribution in [3.8, 4) is 0 Å². The molecule has 24 heavy (non-hydrogen) atoms. The number of amides is 1. The third-order valence-corrected chi connectivity index (χ3v) is 5.28. The predicted molar refractivity (Wildman–Crippen MR) is 95.2 cm³/mol. The second-order valence-electron chi connectivity index (χ2n) is 5.78. The number of halogens is 1. The Hall–Kier alpha value is -2.12. The number of anilines is 1. The second kappa shape index (κ2) is 6.07. The van der Waals surface area contributed by atoms with Crippen LogP contribution in [0.4, 0.5) is 5.13 Å². The van der Waals surface area contributed by atoms with Gasteiger partial charge in [0.1, 0.15) is 0 Å². The molecule has 1 aromatic carbocycles. The van der Waals surface area contributed by atoms with E-state index in [1.165, 1.54) is 0 Å². The third-order valence-electron chi connectivity index (χ3n) is 4.06. The molecule has 1 fully saturated rings. The van der Waals surface area contributed by atoms with Gasteiger partial charge in [-0.15, -0.1) is 5.10 Å². The van der Waals surface area contributed by atoms with E-state index in [1.807, 2.05) is 22.5 Å². The summed E-state index contributed by atoms with van der Waals surface area (Å²) in [6, 6.07) is 7.10. The zero-order valence-corrected chi connectivity index (χ0v) is 14.7. The number of aryl methyl sites for hydroxylation is 1. The summed E-state index contributed by atoms with van der Waals surface area (Å²) < 4.78 is 1.82. The molecule has 6 nitrogen and oxygen atoms in total. The van der Waals surface area contributed by atoms with Crippen LogP contribution >= 0.6 is 22.9 Å². The van der Waals surface area contributed by atoms with E-state index >= 15 is 0 Å². The molecule has 3 heterocycles. The molecule has 1 amide bonds. The summed E-state index contributed by atoms with van der Waals surface area (Å²) in [5, 5.41) is 6.11. The maximum absolute atomic E-state index is 12.6. The van der Waals surface area contributed by atoms with E-state index in [-0.39, 0.29) is 5.91 Å². The van der Waals surface area contributed by atoms with Crippen molar-refractivity contribution < 1.29 is 4.79 Å². The fourth-order valence-corrected chi connectivity index (χ4v) is 4.00. The largest absolute Gasteiger partial charge is 0.343 e. The fraction of sp³-hybridized carbons (Fsp3) is 0.312.